The fourth-order valence-electron chi connectivity index (χ4n) is 1.24. The Labute approximate surface area is 97.5 Å². The molecular weight excluding hydrogens is 291 g/mol. The van der Waals surface area contributed by atoms with Crippen molar-refractivity contribution in [3.63, 3.8) is 0 Å². The Balaban J connectivity index is 3.01. The molecule has 0 bridgehead atoms. The summed E-state index contributed by atoms with van der Waals surface area (Å²) in [6, 6.07) is 5.31. The standard InChI is InChI=1S/C9H7BrF3NO2/c10-7-3-1-6(2-4-7)8(5-14(15)16)9(11,12)13/h1-4,8H,5H2/t8-/m0/s1. The Morgan fingerprint density at radius 1 is 1.31 bits per heavy atom. The highest BCUT2D eigenvalue weighted by atomic mass is 79.9. The Kier molecular flexibility index (Phi) is 3.90. The first kappa shape index (κ1) is 13.0. The molecule has 1 aromatic rings. The maximum absolute atomic E-state index is 12.6. The Morgan fingerprint density at radius 2 is 1.81 bits per heavy atom. The normalized spacial score (nSPS) is 13.5. The van der Waals surface area contributed by atoms with Crippen molar-refractivity contribution < 1.29 is 18.1 Å². The van der Waals surface area contributed by atoms with Gasteiger partial charge in [0.25, 0.3) is 0 Å². The second-order valence-electron chi connectivity index (χ2n) is 3.16. The van der Waals surface area contributed by atoms with E-state index >= 15 is 0 Å². The first-order chi connectivity index (χ1) is 7.30. The minimum absolute atomic E-state index is 0.104. The SMILES string of the molecule is O=[N+]([O-])C[C@@H](c1ccc(Br)cc1)C(F)(F)F. The Bertz CT molecular complexity index is 377. The molecule has 0 spiro atoms. The highest BCUT2D eigenvalue weighted by Crippen LogP contribution is 2.35. The zero-order chi connectivity index (χ0) is 12.3. The van der Waals surface area contributed by atoms with Gasteiger partial charge in [0, 0.05) is 9.40 Å². The number of hydrogen-bond donors (Lipinski definition) is 0. The summed E-state index contributed by atoms with van der Waals surface area (Å²) in [5.41, 5.74) is -0.104. The second kappa shape index (κ2) is 4.82. The van der Waals surface area contributed by atoms with Crippen molar-refractivity contribution in [2.75, 3.05) is 6.54 Å². The van der Waals surface area contributed by atoms with Crippen LogP contribution in [0, 0.1) is 10.1 Å². The maximum Gasteiger partial charge on any atom is 0.402 e. The molecule has 0 fully saturated rings. The van der Waals surface area contributed by atoms with Gasteiger partial charge in [-0.15, -0.1) is 0 Å². The van der Waals surface area contributed by atoms with E-state index in [1.807, 2.05) is 0 Å². The van der Waals surface area contributed by atoms with Crippen LogP contribution in [0.2, 0.25) is 0 Å². The van der Waals surface area contributed by atoms with Crippen molar-refractivity contribution in [3.8, 4) is 0 Å². The van der Waals surface area contributed by atoms with E-state index in [2.05, 4.69) is 15.9 Å². The minimum Gasteiger partial charge on any atom is -0.265 e. The van der Waals surface area contributed by atoms with Crippen molar-refractivity contribution in [2.45, 2.75) is 12.1 Å². The van der Waals surface area contributed by atoms with Crippen LogP contribution in [-0.2, 0) is 0 Å². The lowest BCUT2D eigenvalue weighted by molar-refractivity contribution is -0.490. The van der Waals surface area contributed by atoms with Gasteiger partial charge in [-0.25, -0.2) is 0 Å². The van der Waals surface area contributed by atoms with E-state index in [1.54, 1.807) is 0 Å². The third kappa shape index (κ3) is 3.48. The molecule has 0 amide bonds. The van der Waals surface area contributed by atoms with Crippen LogP contribution in [0.3, 0.4) is 0 Å². The van der Waals surface area contributed by atoms with Crippen molar-refractivity contribution in [3.05, 3.63) is 44.4 Å². The van der Waals surface area contributed by atoms with E-state index in [0.29, 0.717) is 4.47 Å². The summed E-state index contributed by atoms with van der Waals surface area (Å²) in [5.74, 6) is -2.06. The van der Waals surface area contributed by atoms with Gasteiger partial charge in [0.2, 0.25) is 6.54 Å². The Morgan fingerprint density at radius 3 is 2.19 bits per heavy atom. The van der Waals surface area contributed by atoms with Gasteiger partial charge in [-0.3, -0.25) is 10.1 Å². The molecule has 7 heteroatoms. The molecule has 0 saturated carbocycles. The molecule has 0 aliphatic carbocycles. The summed E-state index contributed by atoms with van der Waals surface area (Å²) in [4.78, 5) is 9.23. The number of benzene rings is 1. The predicted molar refractivity (Wildman–Crippen MR) is 54.8 cm³/mol. The summed E-state index contributed by atoms with van der Waals surface area (Å²) >= 11 is 3.08. The van der Waals surface area contributed by atoms with Gasteiger partial charge in [0.15, 0.2) is 0 Å². The fourth-order valence-corrected chi connectivity index (χ4v) is 1.51. The molecule has 88 valence electrons. The molecule has 0 unspecified atom stereocenters. The second-order valence-corrected chi connectivity index (χ2v) is 4.08. The van der Waals surface area contributed by atoms with E-state index < -0.39 is 23.6 Å². The summed E-state index contributed by atoms with van der Waals surface area (Å²) in [5, 5.41) is 10.2. The van der Waals surface area contributed by atoms with Crippen LogP contribution in [0.5, 0.6) is 0 Å². The third-order valence-corrected chi connectivity index (χ3v) is 2.53. The first-order valence-electron chi connectivity index (χ1n) is 4.24. The molecule has 16 heavy (non-hydrogen) atoms. The molecule has 0 aliphatic heterocycles. The first-order valence-corrected chi connectivity index (χ1v) is 5.04. The Hall–Kier alpha value is -1.11. The van der Waals surface area contributed by atoms with Crippen LogP contribution in [0.1, 0.15) is 11.5 Å². The lowest BCUT2D eigenvalue weighted by Crippen LogP contribution is -2.27. The van der Waals surface area contributed by atoms with E-state index in [1.165, 1.54) is 24.3 Å². The van der Waals surface area contributed by atoms with E-state index in [-0.39, 0.29) is 5.56 Å². The molecular formula is C9H7BrF3NO2. The molecule has 0 aromatic heterocycles. The average molecular weight is 298 g/mol. The number of halogens is 4. The zero-order valence-corrected chi connectivity index (χ0v) is 9.46. The number of alkyl halides is 3. The van der Waals surface area contributed by atoms with Gasteiger partial charge in [0.1, 0.15) is 5.92 Å². The lowest BCUT2D eigenvalue weighted by atomic mass is 9.99. The molecule has 0 saturated heterocycles. The maximum atomic E-state index is 12.6. The van der Waals surface area contributed by atoms with Crippen molar-refractivity contribution in [1.29, 1.82) is 0 Å². The molecule has 0 N–H and O–H groups in total. The smallest absolute Gasteiger partial charge is 0.265 e. The molecule has 3 nitrogen and oxygen atoms in total. The van der Waals surface area contributed by atoms with Crippen LogP contribution >= 0.6 is 15.9 Å². The van der Waals surface area contributed by atoms with Crippen molar-refractivity contribution in [1.82, 2.24) is 0 Å². The van der Waals surface area contributed by atoms with E-state index in [9.17, 15) is 23.3 Å². The van der Waals surface area contributed by atoms with E-state index in [0.717, 1.165) is 0 Å². The van der Waals surface area contributed by atoms with Crippen LogP contribution < -0.4 is 0 Å². The number of nitro groups is 1. The van der Waals surface area contributed by atoms with Crippen molar-refractivity contribution in [2.24, 2.45) is 0 Å². The summed E-state index contributed by atoms with van der Waals surface area (Å²) in [7, 11) is 0. The largest absolute Gasteiger partial charge is 0.402 e. The molecule has 1 aromatic carbocycles. The van der Waals surface area contributed by atoms with E-state index in [4.69, 9.17) is 0 Å². The third-order valence-electron chi connectivity index (χ3n) is 2.00. The van der Waals surface area contributed by atoms with Gasteiger partial charge < -0.3 is 0 Å². The van der Waals surface area contributed by atoms with Gasteiger partial charge in [-0.1, -0.05) is 28.1 Å². The highest BCUT2D eigenvalue weighted by molar-refractivity contribution is 9.10. The number of hydrogen-bond acceptors (Lipinski definition) is 2. The van der Waals surface area contributed by atoms with Crippen molar-refractivity contribution >= 4 is 15.9 Å². The topological polar surface area (TPSA) is 43.1 Å². The zero-order valence-electron chi connectivity index (χ0n) is 7.87. The lowest BCUT2D eigenvalue weighted by Gasteiger charge is -2.16. The van der Waals surface area contributed by atoms with Gasteiger partial charge >= 0.3 is 6.18 Å². The summed E-state index contributed by atoms with van der Waals surface area (Å²) in [6.07, 6.45) is -4.61. The highest BCUT2D eigenvalue weighted by Gasteiger charge is 2.44. The summed E-state index contributed by atoms with van der Waals surface area (Å²) in [6.45, 7) is -1.15. The molecule has 0 aliphatic rings. The molecule has 1 rings (SSSR count). The van der Waals surface area contributed by atoms with Crippen LogP contribution in [0.4, 0.5) is 13.2 Å². The molecule has 1 atom stereocenters. The molecule has 0 heterocycles. The van der Waals surface area contributed by atoms with Gasteiger partial charge in [-0.2, -0.15) is 13.2 Å². The molecule has 0 radical (unpaired) electrons. The fraction of sp³-hybridized carbons (Fsp3) is 0.333. The van der Waals surface area contributed by atoms with Crippen LogP contribution in [0.15, 0.2) is 28.7 Å². The minimum atomic E-state index is -4.61. The number of nitrogens with zero attached hydrogens (tertiary/aromatic N) is 1. The summed E-state index contributed by atoms with van der Waals surface area (Å²) < 4.78 is 38.3. The van der Waals surface area contributed by atoms with Crippen LogP contribution in [-0.4, -0.2) is 17.6 Å². The van der Waals surface area contributed by atoms with Crippen LogP contribution in [0.25, 0.3) is 0 Å². The van der Waals surface area contributed by atoms with Gasteiger partial charge in [0.05, 0.1) is 0 Å². The monoisotopic (exact) mass is 297 g/mol. The number of rotatable bonds is 3. The van der Waals surface area contributed by atoms with Gasteiger partial charge in [-0.05, 0) is 17.7 Å². The quantitative estimate of drug-likeness (QED) is 0.634. The average Bonchev–Trinajstić information content (AvgIpc) is 2.14. The predicted octanol–water partition coefficient (Wildman–Crippen LogP) is 3.37.